The van der Waals surface area contributed by atoms with Gasteiger partial charge in [-0.3, -0.25) is 14.6 Å². The van der Waals surface area contributed by atoms with E-state index in [-0.39, 0.29) is 23.4 Å². The van der Waals surface area contributed by atoms with Crippen LogP contribution < -0.4 is 0 Å². The summed E-state index contributed by atoms with van der Waals surface area (Å²) in [5.74, 6) is 0.833. The summed E-state index contributed by atoms with van der Waals surface area (Å²) >= 11 is 0. The molecule has 2 aliphatic rings. The molecule has 0 aliphatic heterocycles. The van der Waals surface area contributed by atoms with Crippen LogP contribution in [0.15, 0.2) is 24.4 Å². The Hall–Kier alpha value is -2.36. The van der Waals surface area contributed by atoms with Crippen LogP contribution in [0.5, 0.6) is 0 Å². The molecule has 2 aromatic heterocycles. The molecule has 2 aliphatic carbocycles. The molecule has 146 valence electrons. The topological polar surface area (TPSA) is 59.9 Å². The number of rotatable bonds is 4. The fourth-order valence-electron chi connectivity index (χ4n) is 4.47. The van der Waals surface area contributed by atoms with Crippen LogP contribution in [-0.4, -0.2) is 21.5 Å². The fraction of sp³-hybridized carbons (Fsp3) is 0.500. The number of hydrogen-bond donors (Lipinski definition) is 0. The molecule has 0 bridgehead atoms. The predicted octanol–water partition coefficient (Wildman–Crippen LogP) is 5.06. The minimum atomic E-state index is -0.0223. The molecule has 0 N–H and O–H groups in total. The van der Waals surface area contributed by atoms with E-state index in [2.05, 4.69) is 36.8 Å². The lowest BCUT2D eigenvalue weighted by molar-refractivity contribution is 0.0882. The highest BCUT2D eigenvalue weighted by Gasteiger charge is 2.31. The van der Waals surface area contributed by atoms with E-state index in [1.165, 1.54) is 0 Å². The van der Waals surface area contributed by atoms with E-state index < -0.39 is 0 Å². The summed E-state index contributed by atoms with van der Waals surface area (Å²) in [7, 11) is 0. The zero-order valence-corrected chi connectivity index (χ0v) is 17.0. The number of nitrogens with zero attached hydrogens (tertiary/aromatic N) is 2. The standard InChI is InChI=1S/C24H28N2O2/c1-14(2)20-10-9-16-7-8-17(24(28)23(16)26-20)11-15(3)21-12-19-18(13-25-21)5-4-6-22(19)27/h9-10,12-15,17H,4-8,11H2,1-3H3. The first-order chi connectivity index (χ1) is 13.4. The molecular weight excluding hydrogens is 348 g/mol. The van der Waals surface area contributed by atoms with Gasteiger partial charge >= 0.3 is 0 Å². The molecule has 4 rings (SSSR count). The lowest BCUT2D eigenvalue weighted by Gasteiger charge is -2.26. The van der Waals surface area contributed by atoms with E-state index in [0.29, 0.717) is 18.0 Å². The summed E-state index contributed by atoms with van der Waals surface area (Å²) in [6, 6.07) is 6.09. The molecule has 0 saturated carbocycles. The van der Waals surface area contributed by atoms with Crippen molar-refractivity contribution in [3.8, 4) is 0 Å². The quantitative estimate of drug-likeness (QED) is 0.748. The van der Waals surface area contributed by atoms with Crippen LogP contribution >= 0.6 is 0 Å². The molecule has 4 nitrogen and oxygen atoms in total. The molecule has 2 atom stereocenters. The number of Topliss-reactive ketones (excluding diaryl/α,β-unsaturated/α-hetero) is 2. The Morgan fingerprint density at radius 1 is 1.04 bits per heavy atom. The first-order valence-electron chi connectivity index (χ1n) is 10.5. The highest BCUT2D eigenvalue weighted by atomic mass is 16.1. The van der Waals surface area contributed by atoms with E-state index in [1.54, 1.807) is 0 Å². The van der Waals surface area contributed by atoms with Crippen molar-refractivity contribution in [2.75, 3.05) is 0 Å². The Balaban J connectivity index is 1.53. The average molecular weight is 377 g/mol. The van der Waals surface area contributed by atoms with Crippen molar-refractivity contribution in [1.82, 2.24) is 9.97 Å². The normalized spacial score (nSPS) is 20.1. The smallest absolute Gasteiger partial charge is 0.184 e. The number of ketones is 2. The van der Waals surface area contributed by atoms with Crippen molar-refractivity contribution in [2.24, 2.45) is 5.92 Å². The second-order valence-electron chi connectivity index (χ2n) is 8.68. The number of aromatic nitrogens is 2. The van der Waals surface area contributed by atoms with Gasteiger partial charge in [0.2, 0.25) is 0 Å². The fourth-order valence-corrected chi connectivity index (χ4v) is 4.47. The summed E-state index contributed by atoms with van der Waals surface area (Å²) in [4.78, 5) is 34.6. The van der Waals surface area contributed by atoms with Crippen molar-refractivity contribution in [3.05, 3.63) is 58.2 Å². The minimum Gasteiger partial charge on any atom is -0.294 e. The molecular formula is C24H28N2O2. The maximum absolute atomic E-state index is 13.1. The van der Waals surface area contributed by atoms with Crippen LogP contribution in [-0.2, 0) is 12.8 Å². The molecule has 2 aromatic rings. The highest BCUT2D eigenvalue weighted by molar-refractivity contribution is 5.99. The van der Waals surface area contributed by atoms with Crippen molar-refractivity contribution in [3.63, 3.8) is 0 Å². The van der Waals surface area contributed by atoms with Crippen molar-refractivity contribution >= 4 is 11.6 Å². The Labute approximate surface area is 166 Å². The average Bonchev–Trinajstić information content (AvgIpc) is 2.70. The first-order valence-corrected chi connectivity index (χ1v) is 10.5. The van der Waals surface area contributed by atoms with Crippen molar-refractivity contribution in [1.29, 1.82) is 0 Å². The number of fused-ring (bicyclic) bond motifs is 2. The van der Waals surface area contributed by atoms with Crippen molar-refractivity contribution in [2.45, 2.75) is 71.1 Å². The summed E-state index contributed by atoms with van der Waals surface area (Å²) in [5.41, 5.74) is 5.57. The van der Waals surface area contributed by atoms with Crippen LogP contribution in [0.2, 0.25) is 0 Å². The second kappa shape index (κ2) is 7.57. The largest absolute Gasteiger partial charge is 0.294 e. The van der Waals surface area contributed by atoms with E-state index in [4.69, 9.17) is 0 Å². The second-order valence-corrected chi connectivity index (χ2v) is 8.68. The molecule has 0 fully saturated rings. The van der Waals surface area contributed by atoms with Gasteiger partial charge in [-0.1, -0.05) is 26.8 Å². The van der Waals surface area contributed by atoms with Gasteiger partial charge in [0.1, 0.15) is 5.69 Å². The zero-order valence-electron chi connectivity index (χ0n) is 17.0. The van der Waals surface area contributed by atoms with Crippen LogP contribution in [0, 0.1) is 5.92 Å². The van der Waals surface area contributed by atoms with Crippen LogP contribution in [0.1, 0.15) is 102 Å². The Morgan fingerprint density at radius 3 is 2.64 bits per heavy atom. The SMILES string of the molecule is CC(C)c1ccc2c(n1)C(=O)C(CC(C)c1cc3c(cn1)CCCC3=O)CC2. The maximum atomic E-state index is 13.1. The molecule has 0 spiro atoms. The van der Waals surface area contributed by atoms with E-state index in [1.807, 2.05) is 18.3 Å². The molecule has 0 aromatic carbocycles. The van der Waals surface area contributed by atoms with Gasteiger partial charge in [-0.25, -0.2) is 4.98 Å². The third-order valence-electron chi connectivity index (χ3n) is 6.26. The zero-order chi connectivity index (χ0) is 19.8. The van der Waals surface area contributed by atoms with Gasteiger partial charge < -0.3 is 0 Å². The number of aryl methyl sites for hydroxylation is 2. The molecule has 0 radical (unpaired) electrons. The third kappa shape index (κ3) is 3.52. The van der Waals surface area contributed by atoms with E-state index in [9.17, 15) is 9.59 Å². The summed E-state index contributed by atoms with van der Waals surface area (Å²) < 4.78 is 0. The van der Waals surface area contributed by atoms with E-state index in [0.717, 1.165) is 60.2 Å². The molecule has 2 heterocycles. The van der Waals surface area contributed by atoms with Gasteiger partial charge in [0.05, 0.1) is 0 Å². The van der Waals surface area contributed by atoms with Gasteiger partial charge in [-0.05, 0) is 67.2 Å². The Bertz CT molecular complexity index is 932. The molecule has 0 amide bonds. The monoisotopic (exact) mass is 376 g/mol. The van der Waals surface area contributed by atoms with Crippen LogP contribution in [0.25, 0.3) is 0 Å². The Morgan fingerprint density at radius 2 is 1.86 bits per heavy atom. The lowest BCUT2D eigenvalue weighted by Crippen LogP contribution is -2.26. The maximum Gasteiger partial charge on any atom is 0.184 e. The van der Waals surface area contributed by atoms with Gasteiger partial charge in [0.15, 0.2) is 11.6 Å². The van der Waals surface area contributed by atoms with Crippen LogP contribution in [0.3, 0.4) is 0 Å². The highest BCUT2D eigenvalue weighted by Crippen LogP contribution is 2.33. The molecule has 28 heavy (non-hydrogen) atoms. The van der Waals surface area contributed by atoms with Gasteiger partial charge in [-0.2, -0.15) is 0 Å². The van der Waals surface area contributed by atoms with Gasteiger partial charge in [-0.15, -0.1) is 0 Å². The summed E-state index contributed by atoms with van der Waals surface area (Å²) in [6.07, 6.45) is 6.88. The van der Waals surface area contributed by atoms with Crippen molar-refractivity contribution < 1.29 is 9.59 Å². The summed E-state index contributed by atoms with van der Waals surface area (Å²) in [5, 5.41) is 0. The van der Waals surface area contributed by atoms with Gasteiger partial charge in [0.25, 0.3) is 0 Å². The molecule has 2 unspecified atom stereocenters. The van der Waals surface area contributed by atoms with E-state index >= 15 is 0 Å². The lowest BCUT2D eigenvalue weighted by atomic mass is 9.79. The molecule has 4 heteroatoms. The Kier molecular flexibility index (Phi) is 5.13. The first kappa shape index (κ1) is 19.0. The number of carbonyl (C=O) groups excluding carboxylic acids is 2. The number of carbonyl (C=O) groups is 2. The van der Waals surface area contributed by atoms with Gasteiger partial charge in [0, 0.05) is 35.5 Å². The summed E-state index contributed by atoms with van der Waals surface area (Å²) in [6.45, 7) is 6.32. The third-order valence-corrected chi connectivity index (χ3v) is 6.26. The minimum absolute atomic E-state index is 0.0223. The molecule has 0 saturated heterocycles. The number of pyridine rings is 2. The predicted molar refractivity (Wildman–Crippen MR) is 109 cm³/mol. The number of hydrogen-bond acceptors (Lipinski definition) is 4. The van der Waals surface area contributed by atoms with Crippen LogP contribution in [0.4, 0.5) is 0 Å².